The lowest BCUT2D eigenvalue weighted by Gasteiger charge is -2.19. The van der Waals surface area contributed by atoms with Gasteiger partial charge in [-0.3, -0.25) is 9.63 Å². The van der Waals surface area contributed by atoms with Crippen LogP contribution < -0.4 is 0 Å². The van der Waals surface area contributed by atoms with Crippen molar-refractivity contribution >= 4 is 5.91 Å². The van der Waals surface area contributed by atoms with Crippen molar-refractivity contribution < 1.29 is 14.0 Å². The van der Waals surface area contributed by atoms with E-state index in [9.17, 15) is 9.18 Å². The highest BCUT2D eigenvalue weighted by Crippen LogP contribution is 2.21. The third-order valence-electron chi connectivity index (χ3n) is 3.21. The van der Waals surface area contributed by atoms with Crippen LogP contribution in [0, 0.1) is 5.95 Å². The first-order valence-corrected chi connectivity index (χ1v) is 6.15. The number of hydroxylamine groups is 2. The van der Waals surface area contributed by atoms with E-state index in [-0.39, 0.29) is 11.7 Å². The molecule has 0 aliphatic rings. The maximum atomic E-state index is 13.8. The minimum Gasteiger partial charge on any atom is -0.317 e. The molecule has 0 radical (unpaired) electrons. The van der Waals surface area contributed by atoms with E-state index >= 15 is 0 Å². The first-order chi connectivity index (χ1) is 9.56. The summed E-state index contributed by atoms with van der Waals surface area (Å²) in [5.74, 6) is -1.38. The van der Waals surface area contributed by atoms with Crippen LogP contribution in [0.2, 0.25) is 0 Å². The van der Waals surface area contributed by atoms with Crippen molar-refractivity contribution in [3.05, 3.63) is 53.9 Å². The van der Waals surface area contributed by atoms with Gasteiger partial charge >= 0.3 is 0 Å². The van der Waals surface area contributed by atoms with Crippen LogP contribution in [0.4, 0.5) is 4.39 Å². The Hall–Kier alpha value is -2.21. The zero-order valence-corrected chi connectivity index (χ0v) is 11.6. The predicted octanol–water partition coefficient (Wildman–Crippen LogP) is 2.26. The van der Waals surface area contributed by atoms with Gasteiger partial charge in [-0.2, -0.15) is 4.39 Å². The number of hydrogen-bond donors (Lipinski definition) is 0. The molecule has 0 fully saturated rings. The molecular weight excluding hydrogens is 261 g/mol. The summed E-state index contributed by atoms with van der Waals surface area (Å²) in [6, 6.07) is 9.30. The van der Waals surface area contributed by atoms with E-state index in [0.717, 1.165) is 10.6 Å². The van der Waals surface area contributed by atoms with Crippen LogP contribution in [-0.2, 0) is 4.84 Å². The number of amides is 1. The zero-order valence-electron chi connectivity index (χ0n) is 11.6. The second-order valence-corrected chi connectivity index (χ2v) is 4.36. The molecule has 0 spiro atoms. The number of aromatic nitrogens is 2. The van der Waals surface area contributed by atoms with E-state index in [4.69, 9.17) is 4.84 Å². The number of carbonyl (C=O) groups excluding carboxylic acids is 1. The van der Waals surface area contributed by atoms with Crippen molar-refractivity contribution in [2.24, 2.45) is 0 Å². The number of rotatable bonds is 4. The van der Waals surface area contributed by atoms with Gasteiger partial charge in [-0.05, 0) is 12.5 Å². The monoisotopic (exact) mass is 277 g/mol. The first kappa shape index (κ1) is 14.2. The fraction of sp³-hybridized carbons (Fsp3) is 0.286. The van der Waals surface area contributed by atoms with Gasteiger partial charge in [0.2, 0.25) is 5.95 Å². The Balaban J connectivity index is 2.41. The number of halogens is 1. The van der Waals surface area contributed by atoms with Crippen LogP contribution in [0.1, 0.15) is 29.0 Å². The average molecular weight is 277 g/mol. The van der Waals surface area contributed by atoms with Gasteiger partial charge in [0.05, 0.1) is 19.5 Å². The molecule has 2 rings (SSSR count). The maximum absolute atomic E-state index is 13.8. The highest BCUT2D eigenvalue weighted by Gasteiger charge is 2.25. The van der Waals surface area contributed by atoms with Crippen LogP contribution in [-0.4, -0.2) is 34.7 Å². The number of nitrogens with zero attached hydrogens (tertiary/aromatic N) is 3. The molecule has 2 aromatic rings. The molecule has 20 heavy (non-hydrogen) atoms. The van der Waals surface area contributed by atoms with E-state index in [0.29, 0.717) is 0 Å². The Morgan fingerprint density at radius 2 is 2.05 bits per heavy atom. The predicted molar refractivity (Wildman–Crippen MR) is 71.5 cm³/mol. The van der Waals surface area contributed by atoms with Crippen LogP contribution in [0.15, 0.2) is 36.7 Å². The zero-order chi connectivity index (χ0) is 14.7. The molecule has 0 aliphatic carbocycles. The van der Waals surface area contributed by atoms with Gasteiger partial charge in [-0.15, -0.1) is 0 Å². The van der Waals surface area contributed by atoms with Gasteiger partial charge in [0.1, 0.15) is 0 Å². The highest BCUT2D eigenvalue weighted by molar-refractivity contribution is 5.91. The van der Waals surface area contributed by atoms with Gasteiger partial charge in [-0.1, -0.05) is 30.3 Å². The number of benzene rings is 1. The summed E-state index contributed by atoms with van der Waals surface area (Å²) in [6.07, 6.45) is 1.32. The molecule has 1 amide bonds. The third-order valence-corrected chi connectivity index (χ3v) is 3.21. The number of imidazole rings is 1. The van der Waals surface area contributed by atoms with Crippen molar-refractivity contribution in [2.45, 2.75) is 13.0 Å². The normalized spacial score (nSPS) is 12.2. The van der Waals surface area contributed by atoms with Crippen molar-refractivity contribution in [1.82, 2.24) is 14.6 Å². The Morgan fingerprint density at radius 3 is 2.65 bits per heavy atom. The molecule has 0 N–H and O–H groups in total. The summed E-state index contributed by atoms with van der Waals surface area (Å²) >= 11 is 0. The number of carbonyl (C=O) groups is 1. The van der Waals surface area contributed by atoms with E-state index in [2.05, 4.69) is 4.98 Å². The quantitative estimate of drug-likeness (QED) is 0.805. The van der Waals surface area contributed by atoms with E-state index in [1.807, 2.05) is 37.3 Å². The van der Waals surface area contributed by atoms with Crippen molar-refractivity contribution in [1.29, 1.82) is 0 Å². The van der Waals surface area contributed by atoms with Gasteiger partial charge in [0, 0.05) is 7.05 Å². The molecule has 0 aliphatic heterocycles. The van der Waals surface area contributed by atoms with Gasteiger partial charge in [0.15, 0.2) is 5.69 Å². The molecule has 0 bridgehead atoms. The van der Waals surface area contributed by atoms with Gasteiger partial charge in [0.25, 0.3) is 5.91 Å². The Labute approximate surface area is 116 Å². The maximum Gasteiger partial charge on any atom is 0.298 e. The first-order valence-electron chi connectivity index (χ1n) is 6.15. The van der Waals surface area contributed by atoms with Crippen LogP contribution in [0.5, 0.6) is 0 Å². The fourth-order valence-corrected chi connectivity index (χ4v) is 1.95. The van der Waals surface area contributed by atoms with Crippen molar-refractivity contribution in [3.8, 4) is 0 Å². The average Bonchev–Trinajstić information content (AvgIpc) is 2.87. The molecule has 1 atom stereocenters. The topological polar surface area (TPSA) is 47.4 Å². The summed E-state index contributed by atoms with van der Waals surface area (Å²) < 4.78 is 15.3. The molecular formula is C14H16FN3O2. The smallest absolute Gasteiger partial charge is 0.298 e. The summed E-state index contributed by atoms with van der Waals surface area (Å²) in [7, 11) is 2.77. The van der Waals surface area contributed by atoms with E-state index in [1.165, 1.54) is 25.1 Å². The minimum absolute atomic E-state index is 0.120. The molecule has 0 saturated heterocycles. The molecule has 1 heterocycles. The largest absolute Gasteiger partial charge is 0.317 e. The molecule has 1 aromatic carbocycles. The summed E-state index contributed by atoms with van der Waals surface area (Å²) in [6.45, 7) is 1.88. The minimum atomic E-state index is -0.804. The Morgan fingerprint density at radius 1 is 1.40 bits per heavy atom. The second kappa shape index (κ2) is 5.83. The van der Waals surface area contributed by atoms with Crippen LogP contribution in [0.3, 0.4) is 0 Å². The lowest BCUT2D eigenvalue weighted by molar-refractivity contribution is -0.0766. The Bertz CT molecular complexity index is 598. The SMILES string of the molecule is CON(C)C(=O)c1c(F)ncn1C(C)c1ccccc1. The van der Waals surface area contributed by atoms with Crippen LogP contribution in [0.25, 0.3) is 0 Å². The molecule has 0 saturated carbocycles. The van der Waals surface area contributed by atoms with Crippen LogP contribution >= 0.6 is 0 Å². The number of hydrogen-bond acceptors (Lipinski definition) is 3. The lowest BCUT2D eigenvalue weighted by atomic mass is 10.1. The van der Waals surface area contributed by atoms with Gasteiger partial charge in [-0.25, -0.2) is 10.0 Å². The van der Waals surface area contributed by atoms with Crippen molar-refractivity contribution in [2.75, 3.05) is 14.2 Å². The molecule has 5 nitrogen and oxygen atoms in total. The standard InChI is InChI=1S/C14H16FN3O2/c1-10(11-7-5-4-6-8-11)18-9-16-13(15)12(18)14(19)17(2)20-3/h4-10H,1-3H3. The molecule has 1 unspecified atom stereocenters. The van der Waals surface area contributed by atoms with Crippen molar-refractivity contribution in [3.63, 3.8) is 0 Å². The summed E-state index contributed by atoms with van der Waals surface area (Å²) in [5, 5.41) is 0.967. The van der Waals surface area contributed by atoms with E-state index < -0.39 is 11.9 Å². The summed E-state index contributed by atoms with van der Waals surface area (Å²) in [4.78, 5) is 20.5. The fourth-order valence-electron chi connectivity index (χ4n) is 1.95. The molecule has 1 aromatic heterocycles. The summed E-state index contributed by atoms with van der Waals surface area (Å²) in [5.41, 5.74) is 0.838. The Kier molecular flexibility index (Phi) is 4.14. The highest BCUT2D eigenvalue weighted by atomic mass is 19.1. The van der Waals surface area contributed by atoms with E-state index in [1.54, 1.807) is 0 Å². The molecule has 106 valence electrons. The molecule has 6 heteroatoms. The van der Waals surface area contributed by atoms with Gasteiger partial charge < -0.3 is 4.57 Å². The third kappa shape index (κ3) is 2.55. The lowest BCUT2D eigenvalue weighted by Crippen LogP contribution is -2.29. The second-order valence-electron chi connectivity index (χ2n) is 4.36.